The number of ether oxygens (including phenoxy) is 2. The van der Waals surface area contributed by atoms with E-state index < -0.39 is 38.5 Å². The maximum atomic E-state index is 9.40. The number of aliphatic hydroxyl groups excluding tert-OH is 2. The van der Waals surface area contributed by atoms with Gasteiger partial charge in [0.15, 0.2) is 0 Å². The van der Waals surface area contributed by atoms with Gasteiger partial charge in [-0.1, -0.05) is 0 Å². The van der Waals surface area contributed by atoms with E-state index in [-0.39, 0.29) is 0 Å². The molecule has 10 heavy (non-hydrogen) atoms. The van der Waals surface area contributed by atoms with Crippen LogP contribution >= 0.6 is 0 Å². The quantitative estimate of drug-likeness (QED) is 0.519. The van der Waals surface area contributed by atoms with E-state index in [1.165, 1.54) is 0 Å². The van der Waals surface area contributed by atoms with Crippen molar-refractivity contribution in [2.75, 3.05) is 20.2 Å². The van der Waals surface area contributed by atoms with Crippen LogP contribution in [0, 0.1) is 0 Å². The maximum absolute atomic E-state index is 9.40. The zero-order chi connectivity index (χ0) is 10.9. The van der Waals surface area contributed by atoms with Gasteiger partial charge in [-0.3, -0.25) is 0 Å². The van der Waals surface area contributed by atoms with Gasteiger partial charge in [0, 0.05) is 7.04 Å². The third kappa shape index (κ3) is 1.29. The molecular formula is C6H12O4. The highest BCUT2D eigenvalue weighted by atomic mass is 16.6. The Labute approximate surface area is 65.0 Å². The lowest BCUT2D eigenvalue weighted by Gasteiger charge is -2.13. The van der Waals surface area contributed by atoms with Crippen molar-refractivity contribution < 1.29 is 25.2 Å². The average Bonchev–Trinajstić information content (AvgIpc) is 2.29. The molecule has 1 fully saturated rings. The molecule has 1 aliphatic rings. The van der Waals surface area contributed by atoms with Crippen molar-refractivity contribution in [3.63, 3.8) is 0 Å². The molecule has 0 radical (unpaired) electrons. The largest absolute Gasteiger partial charge is 0.394 e. The summed E-state index contributed by atoms with van der Waals surface area (Å²) in [4.78, 5) is 0. The van der Waals surface area contributed by atoms with Gasteiger partial charge in [-0.05, 0) is 0 Å². The molecule has 0 aromatic heterocycles. The van der Waals surface area contributed by atoms with Crippen LogP contribution in [0.3, 0.4) is 0 Å². The average molecular weight is 152 g/mol. The summed E-state index contributed by atoms with van der Waals surface area (Å²) in [5, 5.41) is 18.1. The highest BCUT2D eigenvalue weighted by Crippen LogP contribution is 2.15. The van der Waals surface area contributed by atoms with Gasteiger partial charge in [0.05, 0.1) is 18.7 Å². The van der Waals surface area contributed by atoms with Gasteiger partial charge in [-0.15, -0.1) is 0 Å². The summed E-state index contributed by atoms with van der Waals surface area (Å²) in [5.41, 5.74) is 0. The molecule has 0 aromatic carbocycles. The van der Waals surface area contributed by atoms with Crippen LogP contribution in [0.1, 0.15) is 5.48 Å². The Kier molecular flexibility index (Phi) is 1.32. The van der Waals surface area contributed by atoms with Gasteiger partial charge in [-0.2, -0.15) is 0 Å². The molecule has 1 heterocycles. The summed E-state index contributed by atoms with van der Waals surface area (Å²) in [5.74, 6) is 0. The van der Waals surface area contributed by atoms with Crippen LogP contribution in [0.5, 0.6) is 0 Å². The van der Waals surface area contributed by atoms with Gasteiger partial charge in [0.25, 0.3) is 0 Å². The van der Waals surface area contributed by atoms with Crippen molar-refractivity contribution in [1.29, 1.82) is 0 Å². The molecule has 4 atom stereocenters. The van der Waals surface area contributed by atoms with Crippen molar-refractivity contribution in [2.24, 2.45) is 0 Å². The molecule has 60 valence electrons. The summed E-state index contributed by atoms with van der Waals surface area (Å²) in [6, 6.07) is 0. The minimum Gasteiger partial charge on any atom is -0.394 e. The zero-order valence-electron chi connectivity index (χ0n) is 9.23. The van der Waals surface area contributed by atoms with Crippen molar-refractivity contribution in [3.8, 4) is 0 Å². The fourth-order valence-electron chi connectivity index (χ4n) is 0.799. The van der Waals surface area contributed by atoms with E-state index in [1.807, 2.05) is 0 Å². The highest BCUT2D eigenvalue weighted by Gasteiger charge is 2.35. The first kappa shape index (κ1) is 4.01. The summed E-state index contributed by atoms with van der Waals surface area (Å²) < 4.78 is 36.9. The van der Waals surface area contributed by atoms with E-state index >= 15 is 0 Å². The van der Waals surface area contributed by atoms with Crippen molar-refractivity contribution in [1.82, 2.24) is 0 Å². The standard InChI is InChI=1S/C6H12O4/c1-9-5-3-10-4(2-7)6(5)8/h4-8H,2-3H2,1H3/t4-,5-,6+/m1/s1/i1D3,3D/t3-,4-,5-,6+. The van der Waals surface area contributed by atoms with Crippen LogP contribution in [-0.2, 0) is 9.47 Å². The monoisotopic (exact) mass is 152 g/mol. The molecule has 1 saturated heterocycles. The molecule has 0 aliphatic carbocycles. The van der Waals surface area contributed by atoms with E-state index in [0.29, 0.717) is 0 Å². The minimum absolute atomic E-state index is 0.475. The number of rotatable bonds is 2. The number of hydrogen-bond acceptors (Lipinski definition) is 4. The van der Waals surface area contributed by atoms with Gasteiger partial charge in [-0.25, -0.2) is 0 Å². The Hall–Kier alpha value is -0.160. The Bertz CT molecular complexity index is 197. The molecular weight excluding hydrogens is 136 g/mol. The van der Waals surface area contributed by atoms with E-state index in [2.05, 4.69) is 4.74 Å². The summed E-state index contributed by atoms with van der Waals surface area (Å²) in [6.45, 7) is -1.76. The molecule has 1 aliphatic heterocycles. The fourth-order valence-corrected chi connectivity index (χ4v) is 0.799. The van der Waals surface area contributed by atoms with Crippen molar-refractivity contribution in [2.45, 2.75) is 18.3 Å². The molecule has 0 aromatic rings. The van der Waals surface area contributed by atoms with Gasteiger partial charge >= 0.3 is 0 Å². The van der Waals surface area contributed by atoms with Crippen LogP contribution in [0.25, 0.3) is 0 Å². The fraction of sp³-hybridized carbons (Fsp3) is 1.00. The Morgan fingerprint density at radius 2 is 2.80 bits per heavy atom. The van der Waals surface area contributed by atoms with Gasteiger partial charge in [0.2, 0.25) is 0 Å². The molecule has 0 amide bonds. The molecule has 0 spiro atoms. The Morgan fingerprint density at radius 3 is 3.30 bits per heavy atom. The molecule has 4 nitrogen and oxygen atoms in total. The molecule has 0 unspecified atom stereocenters. The van der Waals surface area contributed by atoms with E-state index in [0.717, 1.165) is 0 Å². The predicted molar refractivity (Wildman–Crippen MR) is 33.6 cm³/mol. The lowest BCUT2D eigenvalue weighted by Crippen LogP contribution is -2.33. The van der Waals surface area contributed by atoms with E-state index in [4.69, 9.17) is 15.3 Å². The summed E-state index contributed by atoms with van der Waals surface area (Å²) >= 11 is 0. The van der Waals surface area contributed by atoms with Crippen molar-refractivity contribution >= 4 is 0 Å². The van der Waals surface area contributed by atoms with Crippen LogP contribution in [0.15, 0.2) is 0 Å². The normalized spacial score (nSPS) is 55.0. The number of hydrogen-bond donors (Lipinski definition) is 2. The SMILES string of the molecule is [2H][C@H]1O[C@H](CO)[C@H](O)[C@@H]1OC([2H])([2H])[2H]. The highest BCUT2D eigenvalue weighted by molar-refractivity contribution is 4.83. The molecule has 0 saturated carbocycles. The summed E-state index contributed by atoms with van der Waals surface area (Å²) in [6.07, 6.45) is -3.49. The Balaban J connectivity index is 2.61. The minimum atomic E-state index is -2.68. The molecule has 4 heteroatoms. The predicted octanol–water partition coefficient (Wildman–Crippen LogP) is -1.25. The topological polar surface area (TPSA) is 58.9 Å². The lowest BCUT2D eigenvalue weighted by molar-refractivity contribution is -0.0141. The first-order valence-corrected chi connectivity index (χ1v) is 2.89. The maximum Gasteiger partial charge on any atom is 0.111 e. The van der Waals surface area contributed by atoms with Crippen LogP contribution in [0.4, 0.5) is 0 Å². The third-order valence-electron chi connectivity index (χ3n) is 1.42. The number of aliphatic hydroxyl groups is 2. The zero-order valence-corrected chi connectivity index (χ0v) is 5.23. The van der Waals surface area contributed by atoms with Crippen LogP contribution in [-0.4, -0.2) is 48.8 Å². The van der Waals surface area contributed by atoms with Crippen molar-refractivity contribution in [3.05, 3.63) is 0 Å². The van der Waals surface area contributed by atoms with Crippen LogP contribution < -0.4 is 0 Å². The lowest BCUT2D eigenvalue weighted by atomic mass is 10.2. The Morgan fingerprint density at radius 1 is 2.00 bits per heavy atom. The van der Waals surface area contributed by atoms with E-state index in [9.17, 15) is 5.11 Å². The second kappa shape index (κ2) is 3.30. The second-order valence-electron chi connectivity index (χ2n) is 2.07. The van der Waals surface area contributed by atoms with Gasteiger partial charge in [0.1, 0.15) is 18.3 Å². The molecule has 0 bridgehead atoms. The summed E-state index contributed by atoms with van der Waals surface area (Å²) in [7, 11) is -2.68. The number of methoxy groups -OCH3 is 1. The smallest absolute Gasteiger partial charge is 0.111 e. The third-order valence-corrected chi connectivity index (χ3v) is 1.42. The van der Waals surface area contributed by atoms with E-state index in [1.54, 1.807) is 0 Å². The molecule has 2 N–H and O–H groups in total. The van der Waals surface area contributed by atoms with Crippen LogP contribution in [0.2, 0.25) is 0 Å². The molecule has 1 rings (SSSR count). The first-order chi connectivity index (χ1) is 6.35. The second-order valence-corrected chi connectivity index (χ2v) is 2.07. The first-order valence-electron chi connectivity index (χ1n) is 4.97. The van der Waals surface area contributed by atoms with Gasteiger partial charge < -0.3 is 19.7 Å².